The fraction of sp³-hybridized carbons (Fsp3) is 0.105. The Labute approximate surface area is 145 Å². The molecule has 0 aliphatic carbocycles. The van der Waals surface area contributed by atoms with Crippen LogP contribution >= 0.6 is 11.6 Å². The lowest BCUT2D eigenvalue weighted by Gasteiger charge is -2.13. The first-order valence-corrected chi connectivity index (χ1v) is 7.72. The standard InChI is InChI=1S/C19H16ClNO3/c1-23-17-8-7-14(20)11-16(17)21-19(22)15-9-12-5-3-4-6-13(12)10-18(15)24-2/h3-11H,1-2H3,(H,21,22). The van der Waals surface area contributed by atoms with Crippen molar-refractivity contribution in [3.8, 4) is 11.5 Å². The smallest absolute Gasteiger partial charge is 0.259 e. The third kappa shape index (κ3) is 3.14. The van der Waals surface area contributed by atoms with Gasteiger partial charge in [-0.25, -0.2) is 0 Å². The molecule has 0 aliphatic heterocycles. The highest BCUT2D eigenvalue weighted by Crippen LogP contribution is 2.30. The molecule has 0 aliphatic rings. The molecular formula is C19H16ClNO3. The van der Waals surface area contributed by atoms with Gasteiger partial charge in [0.1, 0.15) is 11.5 Å². The van der Waals surface area contributed by atoms with Crippen molar-refractivity contribution in [1.29, 1.82) is 0 Å². The molecule has 0 heterocycles. The molecule has 0 unspecified atom stereocenters. The number of methoxy groups -OCH3 is 2. The third-order valence-electron chi connectivity index (χ3n) is 3.72. The summed E-state index contributed by atoms with van der Waals surface area (Å²) >= 11 is 6.01. The molecule has 0 fully saturated rings. The predicted octanol–water partition coefficient (Wildman–Crippen LogP) is 4.76. The van der Waals surface area contributed by atoms with E-state index in [9.17, 15) is 4.79 Å². The molecule has 0 spiro atoms. The maximum Gasteiger partial charge on any atom is 0.259 e. The Morgan fingerprint density at radius 3 is 2.25 bits per heavy atom. The van der Waals surface area contributed by atoms with Gasteiger partial charge in [0.2, 0.25) is 0 Å². The Bertz CT molecular complexity index is 908. The molecule has 1 amide bonds. The van der Waals surface area contributed by atoms with Gasteiger partial charge in [-0.3, -0.25) is 4.79 Å². The van der Waals surface area contributed by atoms with Gasteiger partial charge in [-0.1, -0.05) is 35.9 Å². The molecule has 0 radical (unpaired) electrons. The zero-order chi connectivity index (χ0) is 17.1. The topological polar surface area (TPSA) is 47.6 Å². The molecule has 3 rings (SSSR count). The third-order valence-corrected chi connectivity index (χ3v) is 3.96. The van der Waals surface area contributed by atoms with Crippen LogP contribution in [0.2, 0.25) is 5.02 Å². The molecule has 0 bridgehead atoms. The summed E-state index contributed by atoms with van der Waals surface area (Å²) in [5, 5.41) is 5.31. The van der Waals surface area contributed by atoms with Crippen molar-refractivity contribution in [2.45, 2.75) is 0 Å². The lowest BCUT2D eigenvalue weighted by atomic mass is 10.1. The van der Waals surface area contributed by atoms with Gasteiger partial charge in [-0.2, -0.15) is 0 Å². The van der Waals surface area contributed by atoms with Crippen LogP contribution in [0, 0.1) is 0 Å². The normalized spacial score (nSPS) is 10.5. The number of hydrogen-bond acceptors (Lipinski definition) is 3. The van der Waals surface area contributed by atoms with E-state index in [1.807, 2.05) is 30.3 Å². The van der Waals surface area contributed by atoms with E-state index in [0.29, 0.717) is 27.8 Å². The van der Waals surface area contributed by atoms with Gasteiger partial charge in [0.25, 0.3) is 5.91 Å². The van der Waals surface area contributed by atoms with Crippen molar-refractivity contribution < 1.29 is 14.3 Å². The number of rotatable bonds is 4. The highest BCUT2D eigenvalue weighted by molar-refractivity contribution is 6.31. The molecule has 0 aromatic heterocycles. The molecule has 0 saturated carbocycles. The Balaban J connectivity index is 2.01. The number of carbonyl (C=O) groups excluding carboxylic acids is 1. The summed E-state index contributed by atoms with van der Waals surface area (Å²) in [4.78, 5) is 12.7. The molecular weight excluding hydrogens is 326 g/mol. The first-order chi connectivity index (χ1) is 11.6. The molecule has 1 N–H and O–H groups in total. The van der Waals surface area contributed by atoms with Crippen molar-refractivity contribution in [2.75, 3.05) is 19.5 Å². The van der Waals surface area contributed by atoms with Gasteiger partial charge >= 0.3 is 0 Å². The first-order valence-electron chi connectivity index (χ1n) is 7.34. The van der Waals surface area contributed by atoms with Crippen LogP contribution < -0.4 is 14.8 Å². The number of anilines is 1. The van der Waals surface area contributed by atoms with Crippen molar-refractivity contribution in [1.82, 2.24) is 0 Å². The Morgan fingerprint density at radius 2 is 1.58 bits per heavy atom. The van der Waals surface area contributed by atoms with E-state index in [1.54, 1.807) is 31.4 Å². The van der Waals surface area contributed by atoms with Crippen LogP contribution in [0.1, 0.15) is 10.4 Å². The zero-order valence-electron chi connectivity index (χ0n) is 13.3. The summed E-state index contributed by atoms with van der Waals surface area (Å²) in [7, 11) is 3.08. The molecule has 0 saturated heterocycles. The molecule has 4 nitrogen and oxygen atoms in total. The van der Waals surface area contributed by atoms with Crippen LogP contribution in [-0.4, -0.2) is 20.1 Å². The van der Waals surface area contributed by atoms with Gasteiger partial charge in [0.15, 0.2) is 0 Å². The highest BCUT2D eigenvalue weighted by Gasteiger charge is 2.16. The van der Waals surface area contributed by atoms with Crippen LogP contribution in [0.15, 0.2) is 54.6 Å². The summed E-state index contributed by atoms with van der Waals surface area (Å²) in [6.45, 7) is 0. The number of amides is 1. The van der Waals surface area contributed by atoms with Crippen molar-refractivity contribution >= 4 is 34.0 Å². The molecule has 3 aromatic rings. The first kappa shape index (κ1) is 16.1. The lowest BCUT2D eigenvalue weighted by molar-refractivity contribution is 0.102. The minimum Gasteiger partial charge on any atom is -0.496 e. The van der Waals surface area contributed by atoms with E-state index in [2.05, 4.69) is 5.32 Å². The second-order valence-electron chi connectivity index (χ2n) is 5.20. The lowest BCUT2D eigenvalue weighted by Crippen LogP contribution is -2.14. The summed E-state index contributed by atoms with van der Waals surface area (Å²) in [5.74, 6) is 0.748. The monoisotopic (exact) mass is 341 g/mol. The van der Waals surface area contributed by atoms with Crippen LogP contribution in [0.25, 0.3) is 10.8 Å². The Morgan fingerprint density at radius 1 is 0.917 bits per heavy atom. The Kier molecular flexibility index (Phi) is 4.58. The van der Waals surface area contributed by atoms with Crippen LogP contribution in [0.4, 0.5) is 5.69 Å². The Hall–Kier alpha value is -2.72. The molecule has 3 aromatic carbocycles. The van der Waals surface area contributed by atoms with E-state index in [4.69, 9.17) is 21.1 Å². The molecule has 0 atom stereocenters. The quantitative estimate of drug-likeness (QED) is 0.744. The summed E-state index contributed by atoms with van der Waals surface area (Å²) in [6, 6.07) is 16.5. The second-order valence-corrected chi connectivity index (χ2v) is 5.63. The van der Waals surface area contributed by atoms with Crippen molar-refractivity contribution in [3.63, 3.8) is 0 Å². The minimum absolute atomic E-state index is 0.293. The van der Waals surface area contributed by atoms with E-state index >= 15 is 0 Å². The van der Waals surface area contributed by atoms with Gasteiger partial charge in [0.05, 0.1) is 25.5 Å². The minimum atomic E-state index is -0.293. The van der Waals surface area contributed by atoms with E-state index < -0.39 is 0 Å². The second kappa shape index (κ2) is 6.81. The summed E-state index contributed by atoms with van der Waals surface area (Å²) in [6.07, 6.45) is 0. The van der Waals surface area contributed by atoms with Crippen LogP contribution in [-0.2, 0) is 0 Å². The number of carbonyl (C=O) groups is 1. The van der Waals surface area contributed by atoms with Gasteiger partial charge in [-0.05, 0) is 41.1 Å². The molecule has 24 heavy (non-hydrogen) atoms. The van der Waals surface area contributed by atoms with Crippen LogP contribution in [0.3, 0.4) is 0 Å². The predicted molar refractivity (Wildman–Crippen MR) is 96.5 cm³/mol. The summed E-state index contributed by atoms with van der Waals surface area (Å²) in [5.41, 5.74) is 0.948. The highest BCUT2D eigenvalue weighted by atomic mass is 35.5. The van der Waals surface area contributed by atoms with E-state index in [1.165, 1.54) is 7.11 Å². The average Bonchev–Trinajstić information content (AvgIpc) is 2.60. The molecule has 122 valence electrons. The maximum atomic E-state index is 12.7. The largest absolute Gasteiger partial charge is 0.496 e. The fourth-order valence-corrected chi connectivity index (χ4v) is 2.71. The number of halogens is 1. The molecule has 5 heteroatoms. The fourth-order valence-electron chi connectivity index (χ4n) is 2.53. The SMILES string of the molecule is COc1ccc(Cl)cc1NC(=O)c1cc2ccccc2cc1OC. The van der Waals surface area contributed by atoms with E-state index in [-0.39, 0.29) is 5.91 Å². The van der Waals surface area contributed by atoms with Crippen LogP contribution in [0.5, 0.6) is 11.5 Å². The maximum absolute atomic E-state index is 12.7. The van der Waals surface area contributed by atoms with E-state index in [0.717, 1.165) is 10.8 Å². The van der Waals surface area contributed by atoms with Gasteiger partial charge in [-0.15, -0.1) is 0 Å². The number of benzene rings is 3. The van der Waals surface area contributed by atoms with Crippen molar-refractivity contribution in [2.24, 2.45) is 0 Å². The van der Waals surface area contributed by atoms with Gasteiger partial charge < -0.3 is 14.8 Å². The zero-order valence-corrected chi connectivity index (χ0v) is 14.1. The number of nitrogens with one attached hydrogen (secondary N) is 1. The number of fused-ring (bicyclic) bond motifs is 1. The average molecular weight is 342 g/mol. The number of hydrogen-bond donors (Lipinski definition) is 1. The number of ether oxygens (including phenoxy) is 2. The summed E-state index contributed by atoms with van der Waals surface area (Å²) < 4.78 is 10.6. The van der Waals surface area contributed by atoms with Gasteiger partial charge in [0, 0.05) is 5.02 Å². The van der Waals surface area contributed by atoms with Crippen molar-refractivity contribution in [3.05, 3.63) is 65.2 Å².